The van der Waals surface area contributed by atoms with Gasteiger partial charge in [0.2, 0.25) is 5.91 Å². The highest BCUT2D eigenvalue weighted by Crippen LogP contribution is 2.35. The number of nitrogens with zero attached hydrogens (tertiary/aromatic N) is 1. The molecule has 2 rings (SSSR count). The normalized spacial score (nSPS) is 14.7. The Kier molecular flexibility index (Phi) is 4.34. The third-order valence-corrected chi connectivity index (χ3v) is 2.89. The maximum Gasteiger partial charge on any atom is 0.418 e. The van der Waals surface area contributed by atoms with Crippen molar-refractivity contribution >= 4 is 23.3 Å². The van der Waals surface area contributed by atoms with E-state index < -0.39 is 17.6 Å². The molecule has 1 aromatic rings. The Bertz CT molecular complexity index is 641. The molecule has 0 bridgehead atoms. The molecule has 118 valence electrons. The van der Waals surface area contributed by atoms with Crippen LogP contribution < -0.4 is 16.2 Å². The molecule has 1 aliphatic rings. The molecule has 2 amide bonds. The molecule has 9 heteroatoms. The van der Waals surface area contributed by atoms with Crippen LogP contribution in [0.2, 0.25) is 0 Å². The summed E-state index contributed by atoms with van der Waals surface area (Å²) in [5, 5.41) is 2.21. The molecule has 6 nitrogen and oxygen atoms in total. The van der Waals surface area contributed by atoms with Gasteiger partial charge in [0.05, 0.1) is 11.3 Å². The number of anilines is 1. The van der Waals surface area contributed by atoms with Crippen LogP contribution in [0.3, 0.4) is 0 Å². The fourth-order valence-corrected chi connectivity index (χ4v) is 1.80. The summed E-state index contributed by atoms with van der Waals surface area (Å²) in [6.45, 7) is 1.37. The molecule has 1 heterocycles. The highest BCUT2D eigenvalue weighted by atomic mass is 19.4. The van der Waals surface area contributed by atoms with E-state index >= 15 is 0 Å². The third kappa shape index (κ3) is 3.54. The summed E-state index contributed by atoms with van der Waals surface area (Å²) in [5.41, 5.74) is 3.56. The first-order chi connectivity index (χ1) is 10.3. The van der Waals surface area contributed by atoms with Crippen LogP contribution in [-0.4, -0.2) is 24.2 Å². The number of benzene rings is 1. The van der Waals surface area contributed by atoms with E-state index in [-0.39, 0.29) is 36.0 Å². The first-order valence-electron chi connectivity index (χ1n) is 6.42. The fraction of sp³-hybridized carbons (Fsp3) is 0.308. The minimum atomic E-state index is -4.63. The zero-order chi connectivity index (χ0) is 16.3. The van der Waals surface area contributed by atoms with Gasteiger partial charge in [-0.2, -0.15) is 13.2 Å². The number of carbonyl (C=O) groups excluding carboxylic acids is 2. The lowest BCUT2D eigenvalue weighted by Gasteiger charge is -2.18. The maximum absolute atomic E-state index is 13.1. The lowest BCUT2D eigenvalue weighted by atomic mass is 10.1. The number of hydrogen-bond acceptors (Lipinski definition) is 4. The molecular weight excluding hydrogens is 301 g/mol. The molecule has 0 fully saturated rings. The maximum atomic E-state index is 13.1. The standard InChI is InChI=1S/C13H13F3N4O2/c1-2-10(21)18-9-4-3-7(5-8(9)13(14,15)16)12-17-6-11(22)19-20-12/h3-5H,2,6H2,1H3,(H,17,20)(H,18,21)(H,19,22). The van der Waals surface area contributed by atoms with Crippen LogP contribution in [0.25, 0.3) is 0 Å². The number of amidine groups is 1. The number of halogens is 3. The highest BCUT2D eigenvalue weighted by molar-refractivity contribution is 6.03. The molecule has 0 unspecified atom stereocenters. The monoisotopic (exact) mass is 314 g/mol. The summed E-state index contributed by atoms with van der Waals surface area (Å²) in [4.78, 5) is 26.1. The number of hydrogen-bond donors (Lipinski definition) is 3. The number of aliphatic imine (C=N–C) groups is 1. The van der Waals surface area contributed by atoms with Crippen molar-refractivity contribution in [2.75, 3.05) is 11.9 Å². The van der Waals surface area contributed by atoms with E-state index in [1.165, 1.54) is 6.07 Å². The third-order valence-electron chi connectivity index (χ3n) is 2.89. The van der Waals surface area contributed by atoms with Crippen molar-refractivity contribution in [1.82, 2.24) is 10.9 Å². The van der Waals surface area contributed by atoms with Crippen LogP contribution in [-0.2, 0) is 15.8 Å². The van der Waals surface area contributed by atoms with Crippen LogP contribution in [0.4, 0.5) is 18.9 Å². The number of rotatable bonds is 3. The average molecular weight is 314 g/mol. The Labute approximate surface area is 123 Å². The highest BCUT2D eigenvalue weighted by Gasteiger charge is 2.34. The first kappa shape index (κ1) is 15.8. The SMILES string of the molecule is CCC(=O)Nc1ccc(C2=NCC(=O)NN2)cc1C(F)(F)F. The van der Waals surface area contributed by atoms with Crippen LogP contribution in [0.15, 0.2) is 23.2 Å². The summed E-state index contributed by atoms with van der Waals surface area (Å²) in [5.74, 6) is -0.774. The molecule has 0 spiro atoms. The van der Waals surface area contributed by atoms with Crippen molar-refractivity contribution in [1.29, 1.82) is 0 Å². The van der Waals surface area contributed by atoms with Gasteiger partial charge in [-0.05, 0) is 18.2 Å². The second-order valence-electron chi connectivity index (χ2n) is 4.50. The molecule has 1 aromatic carbocycles. The average Bonchev–Trinajstić information content (AvgIpc) is 2.47. The first-order valence-corrected chi connectivity index (χ1v) is 6.42. The quantitative estimate of drug-likeness (QED) is 0.789. The molecule has 0 saturated heterocycles. The summed E-state index contributed by atoms with van der Waals surface area (Å²) < 4.78 is 39.4. The zero-order valence-corrected chi connectivity index (χ0v) is 11.5. The van der Waals surface area contributed by atoms with E-state index in [2.05, 4.69) is 21.2 Å². The van der Waals surface area contributed by atoms with Gasteiger partial charge >= 0.3 is 6.18 Å². The van der Waals surface area contributed by atoms with E-state index in [1.807, 2.05) is 0 Å². The van der Waals surface area contributed by atoms with Crippen molar-refractivity contribution in [2.45, 2.75) is 19.5 Å². The second-order valence-corrected chi connectivity index (χ2v) is 4.50. The van der Waals surface area contributed by atoms with Gasteiger partial charge in [0, 0.05) is 12.0 Å². The minimum absolute atomic E-state index is 0.0688. The molecule has 1 aliphatic heterocycles. The summed E-state index contributed by atoms with van der Waals surface area (Å²) >= 11 is 0. The molecule has 22 heavy (non-hydrogen) atoms. The van der Waals surface area contributed by atoms with E-state index in [0.717, 1.165) is 12.1 Å². The van der Waals surface area contributed by atoms with Gasteiger partial charge < -0.3 is 5.32 Å². The van der Waals surface area contributed by atoms with Gasteiger partial charge in [0.25, 0.3) is 5.91 Å². The van der Waals surface area contributed by atoms with Gasteiger partial charge in [-0.15, -0.1) is 0 Å². The largest absolute Gasteiger partial charge is 0.418 e. The van der Waals surface area contributed by atoms with Crippen LogP contribution >= 0.6 is 0 Å². The Morgan fingerprint density at radius 3 is 2.64 bits per heavy atom. The molecule has 0 saturated carbocycles. The van der Waals surface area contributed by atoms with Gasteiger partial charge in [0.1, 0.15) is 12.4 Å². The van der Waals surface area contributed by atoms with E-state index in [9.17, 15) is 22.8 Å². The van der Waals surface area contributed by atoms with E-state index in [0.29, 0.717) is 0 Å². The predicted molar refractivity (Wildman–Crippen MR) is 73.0 cm³/mol. The smallest absolute Gasteiger partial charge is 0.326 e. The molecule has 0 atom stereocenters. The van der Waals surface area contributed by atoms with Crippen molar-refractivity contribution in [3.05, 3.63) is 29.3 Å². The number of hydrazine groups is 1. The molecule has 0 aromatic heterocycles. The summed E-state index contributed by atoms with van der Waals surface area (Å²) in [6.07, 6.45) is -4.57. The zero-order valence-electron chi connectivity index (χ0n) is 11.5. The molecule has 3 N–H and O–H groups in total. The van der Waals surface area contributed by atoms with Crippen LogP contribution in [0, 0.1) is 0 Å². The molecule has 0 radical (unpaired) electrons. The second kappa shape index (κ2) is 6.04. The Balaban J connectivity index is 2.39. The van der Waals surface area contributed by atoms with E-state index in [4.69, 9.17) is 0 Å². The van der Waals surface area contributed by atoms with Gasteiger partial charge in [-0.1, -0.05) is 6.92 Å². The lowest BCUT2D eigenvalue weighted by molar-refractivity contribution is -0.137. The number of nitrogens with one attached hydrogen (secondary N) is 3. The fourth-order valence-electron chi connectivity index (χ4n) is 1.80. The lowest BCUT2D eigenvalue weighted by Crippen LogP contribution is -2.47. The summed E-state index contributed by atoms with van der Waals surface area (Å²) in [7, 11) is 0. The van der Waals surface area contributed by atoms with Gasteiger partial charge in [-0.3, -0.25) is 25.4 Å². The Hall–Kier alpha value is -2.58. The van der Waals surface area contributed by atoms with Gasteiger partial charge in [-0.25, -0.2) is 0 Å². The Morgan fingerprint density at radius 2 is 2.09 bits per heavy atom. The molecule has 0 aliphatic carbocycles. The van der Waals surface area contributed by atoms with Crippen molar-refractivity contribution in [3.63, 3.8) is 0 Å². The Morgan fingerprint density at radius 1 is 1.36 bits per heavy atom. The van der Waals surface area contributed by atoms with Crippen molar-refractivity contribution < 1.29 is 22.8 Å². The number of carbonyl (C=O) groups is 2. The van der Waals surface area contributed by atoms with Crippen molar-refractivity contribution in [2.24, 2.45) is 4.99 Å². The number of amides is 2. The molecular formula is C13H13F3N4O2. The van der Waals surface area contributed by atoms with Gasteiger partial charge in [0.15, 0.2) is 0 Å². The summed E-state index contributed by atoms with van der Waals surface area (Å²) in [6, 6.07) is 3.41. The van der Waals surface area contributed by atoms with Crippen molar-refractivity contribution in [3.8, 4) is 0 Å². The van der Waals surface area contributed by atoms with Crippen LogP contribution in [0.1, 0.15) is 24.5 Å². The van der Waals surface area contributed by atoms with Crippen LogP contribution in [0.5, 0.6) is 0 Å². The number of alkyl halides is 3. The predicted octanol–water partition coefficient (Wildman–Crippen LogP) is 1.43. The topological polar surface area (TPSA) is 82.6 Å². The minimum Gasteiger partial charge on any atom is -0.326 e. The van der Waals surface area contributed by atoms with E-state index in [1.54, 1.807) is 6.92 Å².